The SMILES string of the molecule is CC1CC(CN(C)CC2CCCN2C)CCN1. The van der Waals surface area contributed by atoms with Crippen LogP contribution in [0.5, 0.6) is 0 Å². The third-order valence-corrected chi connectivity index (χ3v) is 4.50. The van der Waals surface area contributed by atoms with Gasteiger partial charge in [0.15, 0.2) is 0 Å². The van der Waals surface area contributed by atoms with E-state index in [9.17, 15) is 0 Å². The van der Waals surface area contributed by atoms with Gasteiger partial charge in [-0.1, -0.05) is 0 Å². The van der Waals surface area contributed by atoms with Crippen molar-refractivity contribution in [1.82, 2.24) is 15.1 Å². The highest BCUT2D eigenvalue weighted by Crippen LogP contribution is 2.19. The summed E-state index contributed by atoms with van der Waals surface area (Å²) in [5.41, 5.74) is 0. The molecule has 0 spiro atoms. The van der Waals surface area contributed by atoms with Gasteiger partial charge >= 0.3 is 0 Å². The molecule has 3 unspecified atom stereocenters. The molecule has 3 nitrogen and oxygen atoms in total. The summed E-state index contributed by atoms with van der Waals surface area (Å²) in [5, 5.41) is 3.54. The van der Waals surface area contributed by atoms with E-state index in [0.29, 0.717) is 0 Å². The molecule has 2 aliphatic rings. The second kappa shape index (κ2) is 6.17. The maximum Gasteiger partial charge on any atom is 0.0220 e. The van der Waals surface area contributed by atoms with Crippen molar-refractivity contribution < 1.29 is 0 Å². The molecule has 0 amide bonds. The third kappa shape index (κ3) is 3.94. The van der Waals surface area contributed by atoms with Crippen molar-refractivity contribution >= 4 is 0 Å². The molecule has 0 aromatic rings. The number of nitrogens with zero attached hydrogens (tertiary/aromatic N) is 2. The molecule has 2 aliphatic heterocycles. The highest BCUT2D eigenvalue weighted by atomic mass is 15.2. The quantitative estimate of drug-likeness (QED) is 0.800. The topological polar surface area (TPSA) is 18.5 Å². The highest BCUT2D eigenvalue weighted by molar-refractivity contribution is 4.81. The molecular weight excluding hydrogens is 210 g/mol. The van der Waals surface area contributed by atoms with Gasteiger partial charge in [0.1, 0.15) is 0 Å². The van der Waals surface area contributed by atoms with E-state index in [2.05, 4.69) is 36.1 Å². The average Bonchev–Trinajstić information content (AvgIpc) is 2.64. The molecule has 0 radical (unpaired) electrons. The fourth-order valence-corrected chi connectivity index (χ4v) is 3.49. The van der Waals surface area contributed by atoms with Crippen molar-refractivity contribution in [3.8, 4) is 0 Å². The second-order valence-corrected chi connectivity index (χ2v) is 6.24. The van der Waals surface area contributed by atoms with Gasteiger partial charge in [0.25, 0.3) is 0 Å². The minimum Gasteiger partial charge on any atom is -0.314 e. The normalized spacial score (nSPS) is 35.6. The molecular formula is C14H29N3. The van der Waals surface area contributed by atoms with Crippen LogP contribution in [0.4, 0.5) is 0 Å². The van der Waals surface area contributed by atoms with Gasteiger partial charge in [-0.05, 0) is 65.7 Å². The predicted molar refractivity (Wildman–Crippen MR) is 73.3 cm³/mol. The molecule has 2 fully saturated rings. The molecule has 0 bridgehead atoms. The van der Waals surface area contributed by atoms with Crippen LogP contribution in [-0.2, 0) is 0 Å². The second-order valence-electron chi connectivity index (χ2n) is 6.24. The summed E-state index contributed by atoms with van der Waals surface area (Å²) in [6, 6.07) is 1.52. The summed E-state index contributed by atoms with van der Waals surface area (Å²) in [5.74, 6) is 0.906. The van der Waals surface area contributed by atoms with Crippen molar-refractivity contribution in [1.29, 1.82) is 0 Å². The first-order valence-electron chi connectivity index (χ1n) is 7.27. The number of likely N-dealkylation sites (N-methyl/N-ethyl adjacent to an activating group) is 2. The number of hydrogen-bond acceptors (Lipinski definition) is 3. The van der Waals surface area contributed by atoms with Crippen molar-refractivity contribution in [2.45, 2.75) is 44.7 Å². The molecule has 2 saturated heterocycles. The van der Waals surface area contributed by atoms with E-state index in [-0.39, 0.29) is 0 Å². The lowest BCUT2D eigenvalue weighted by Crippen LogP contribution is -2.42. The summed E-state index contributed by atoms with van der Waals surface area (Å²) in [4.78, 5) is 5.09. The van der Waals surface area contributed by atoms with E-state index >= 15 is 0 Å². The summed E-state index contributed by atoms with van der Waals surface area (Å²) in [7, 11) is 4.58. The van der Waals surface area contributed by atoms with E-state index in [1.165, 1.54) is 51.9 Å². The molecule has 0 aromatic carbocycles. The molecule has 3 atom stereocenters. The number of hydrogen-bond donors (Lipinski definition) is 1. The third-order valence-electron chi connectivity index (χ3n) is 4.50. The Balaban J connectivity index is 1.71. The van der Waals surface area contributed by atoms with Crippen LogP contribution < -0.4 is 5.32 Å². The Morgan fingerprint density at radius 3 is 2.76 bits per heavy atom. The van der Waals surface area contributed by atoms with Gasteiger partial charge < -0.3 is 15.1 Å². The first-order valence-corrected chi connectivity index (χ1v) is 7.27. The van der Waals surface area contributed by atoms with Crippen molar-refractivity contribution in [2.75, 3.05) is 40.3 Å². The minimum atomic E-state index is 0.719. The molecule has 1 N–H and O–H groups in total. The lowest BCUT2D eigenvalue weighted by atomic mass is 9.93. The molecule has 17 heavy (non-hydrogen) atoms. The van der Waals surface area contributed by atoms with Crippen LogP contribution in [0.25, 0.3) is 0 Å². The Labute approximate surface area is 107 Å². The highest BCUT2D eigenvalue weighted by Gasteiger charge is 2.24. The zero-order valence-corrected chi connectivity index (χ0v) is 11.8. The van der Waals surface area contributed by atoms with Gasteiger partial charge in [-0.3, -0.25) is 0 Å². The standard InChI is InChI=1S/C14H29N3/c1-12-9-13(6-7-15-12)10-16(2)11-14-5-4-8-17(14)3/h12-15H,4-11H2,1-3H3. The van der Waals surface area contributed by atoms with Crippen LogP contribution in [0.2, 0.25) is 0 Å². The van der Waals surface area contributed by atoms with Crippen molar-refractivity contribution in [3.63, 3.8) is 0 Å². The van der Waals surface area contributed by atoms with Gasteiger partial charge in [-0.25, -0.2) is 0 Å². The summed E-state index contributed by atoms with van der Waals surface area (Å²) < 4.78 is 0. The van der Waals surface area contributed by atoms with Gasteiger partial charge in [-0.15, -0.1) is 0 Å². The zero-order chi connectivity index (χ0) is 12.3. The van der Waals surface area contributed by atoms with E-state index in [1.54, 1.807) is 0 Å². The maximum atomic E-state index is 3.54. The molecule has 100 valence electrons. The molecule has 3 heteroatoms. The number of likely N-dealkylation sites (tertiary alicyclic amines) is 1. The Kier molecular flexibility index (Phi) is 4.83. The fourth-order valence-electron chi connectivity index (χ4n) is 3.49. The largest absolute Gasteiger partial charge is 0.314 e. The first-order chi connectivity index (χ1) is 8.15. The predicted octanol–water partition coefficient (Wildman–Crippen LogP) is 1.40. The number of rotatable bonds is 4. The van der Waals surface area contributed by atoms with Crippen molar-refractivity contribution in [2.24, 2.45) is 5.92 Å². The summed E-state index contributed by atoms with van der Waals surface area (Å²) in [6.07, 6.45) is 5.49. The minimum absolute atomic E-state index is 0.719. The maximum absolute atomic E-state index is 3.54. The van der Waals surface area contributed by atoms with Gasteiger partial charge in [0.2, 0.25) is 0 Å². The Morgan fingerprint density at radius 1 is 1.29 bits per heavy atom. The average molecular weight is 239 g/mol. The van der Waals surface area contributed by atoms with E-state index in [0.717, 1.165) is 18.0 Å². The zero-order valence-electron chi connectivity index (χ0n) is 11.8. The van der Waals surface area contributed by atoms with Crippen LogP contribution >= 0.6 is 0 Å². The number of nitrogens with one attached hydrogen (secondary N) is 1. The Hall–Kier alpha value is -0.120. The van der Waals surface area contributed by atoms with Gasteiger partial charge in [-0.2, -0.15) is 0 Å². The van der Waals surface area contributed by atoms with Crippen LogP contribution in [0.1, 0.15) is 32.6 Å². The van der Waals surface area contributed by atoms with Crippen molar-refractivity contribution in [3.05, 3.63) is 0 Å². The lowest BCUT2D eigenvalue weighted by molar-refractivity contribution is 0.177. The smallest absolute Gasteiger partial charge is 0.0220 e. The molecule has 0 aromatic heterocycles. The van der Waals surface area contributed by atoms with Gasteiger partial charge in [0.05, 0.1) is 0 Å². The molecule has 0 saturated carbocycles. The van der Waals surface area contributed by atoms with Gasteiger partial charge in [0, 0.05) is 25.2 Å². The number of piperidine rings is 1. The van der Waals surface area contributed by atoms with Crippen LogP contribution in [0, 0.1) is 5.92 Å². The summed E-state index contributed by atoms with van der Waals surface area (Å²) >= 11 is 0. The van der Waals surface area contributed by atoms with Crippen LogP contribution in [-0.4, -0.2) is 62.2 Å². The van der Waals surface area contributed by atoms with Crippen LogP contribution in [0.15, 0.2) is 0 Å². The van der Waals surface area contributed by atoms with Crippen LogP contribution in [0.3, 0.4) is 0 Å². The van der Waals surface area contributed by atoms with E-state index in [4.69, 9.17) is 0 Å². The summed E-state index contributed by atoms with van der Waals surface area (Å²) in [6.45, 7) is 7.37. The Bertz CT molecular complexity index is 232. The molecule has 2 heterocycles. The first kappa shape index (κ1) is 13.3. The van der Waals surface area contributed by atoms with E-state index < -0.39 is 0 Å². The monoisotopic (exact) mass is 239 g/mol. The Morgan fingerprint density at radius 2 is 2.12 bits per heavy atom. The lowest BCUT2D eigenvalue weighted by Gasteiger charge is -2.33. The van der Waals surface area contributed by atoms with E-state index in [1.807, 2.05) is 0 Å². The fraction of sp³-hybridized carbons (Fsp3) is 1.00. The molecule has 0 aliphatic carbocycles. The molecule has 2 rings (SSSR count).